The number of anilines is 1. The number of hydroxylamine groups is 2. The van der Waals surface area contributed by atoms with Gasteiger partial charge in [-0.25, -0.2) is 14.6 Å². The first-order valence-electron chi connectivity index (χ1n) is 6.49. The number of rotatable bonds is 9. The fraction of sp³-hybridized carbons (Fsp3) is 0.455. The standard InChI is InChI=1S/C11H18N6O6S2/c1-21-8-5-9(22-2)14-10(13-8)15-11(18)16-25(19,20)12-6-17(23-3)7-24-4/h5-6H,7H2,1-4H3,(H2,13,14,15,16,18). The number of hydrogen-bond acceptors (Lipinski definition) is 9. The number of hydrogen-bond donors (Lipinski definition) is 2. The molecule has 1 aromatic heterocycles. The van der Waals surface area contributed by atoms with Crippen LogP contribution >= 0.6 is 11.8 Å². The van der Waals surface area contributed by atoms with Crippen molar-refractivity contribution < 1.29 is 27.5 Å². The molecule has 0 aliphatic rings. The highest BCUT2D eigenvalue weighted by Crippen LogP contribution is 2.17. The summed E-state index contributed by atoms with van der Waals surface area (Å²) in [6.45, 7) is 0. The van der Waals surface area contributed by atoms with Crippen LogP contribution < -0.4 is 19.5 Å². The lowest BCUT2D eigenvalue weighted by Gasteiger charge is -2.13. The van der Waals surface area contributed by atoms with Gasteiger partial charge in [0.1, 0.15) is 6.34 Å². The first-order chi connectivity index (χ1) is 11.8. The molecule has 0 bridgehead atoms. The molecule has 0 spiro atoms. The van der Waals surface area contributed by atoms with Crippen LogP contribution in [-0.4, -0.2) is 69.3 Å². The maximum absolute atomic E-state index is 11.8. The molecule has 12 nitrogen and oxygen atoms in total. The molecule has 14 heteroatoms. The largest absolute Gasteiger partial charge is 0.481 e. The van der Waals surface area contributed by atoms with Crippen molar-refractivity contribution in [1.82, 2.24) is 19.8 Å². The monoisotopic (exact) mass is 394 g/mol. The molecule has 140 valence electrons. The van der Waals surface area contributed by atoms with E-state index in [1.54, 1.807) is 11.0 Å². The Kier molecular flexibility index (Phi) is 8.17. The Balaban J connectivity index is 2.76. The van der Waals surface area contributed by atoms with Gasteiger partial charge in [0, 0.05) is 0 Å². The van der Waals surface area contributed by atoms with Crippen LogP contribution in [0.5, 0.6) is 11.8 Å². The third-order valence-corrected chi connectivity index (χ3v) is 3.68. The smallest absolute Gasteiger partial charge is 0.347 e. The minimum Gasteiger partial charge on any atom is -0.481 e. The minimum atomic E-state index is -4.30. The van der Waals surface area contributed by atoms with Gasteiger partial charge >= 0.3 is 16.2 Å². The Morgan fingerprint density at radius 3 is 2.40 bits per heavy atom. The fourth-order valence-corrected chi connectivity index (χ4v) is 2.31. The summed E-state index contributed by atoms with van der Waals surface area (Å²) in [5, 5.41) is 3.30. The van der Waals surface area contributed by atoms with Gasteiger partial charge in [-0.2, -0.15) is 18.4 Å². The molecule has 0 aliphatic heterocycles. The molecule has 1 heterocycles. The zero-order chi connectivity index (χ0) is 18.9. The summed E-state index contributed by atoms with van der Waals surface area (Å²) in [5.74, 6) is 0.375. The van der Waals surface area contributed by atoms with E-state index >= 15 is 0 Å². The number of carbonyl (C=O) groups excluding carboxylic acids is 1. The number of thioether (sulfide) groups is 1. The van der Waals surface area contributed by atoms with Gasteiger partial charge in [0.2, 0.25) is 17.7 Å². The molecule has 0 saturated carbocycles. The van der Waals surface area contributed by atoms with E-state index in [-0.39, 0.29) is 17.7 Å². The number of urea groups is 1. The van der Waals surface area contributed by atoms with Gasteiger partial charge in [-0.3, -0.25) is 10.2 Å². The summed E-state index contributed by atoms with van der Waals surface area (Å²) in [5.41, 5.74) is 0. The lowest BCUT2D eigenvalue weighted by atomic mass is 10.6. The number of nitrogens with zero attached hydrogens (tertiary/aromatic N) is 4. The van der Waals surface area contributed by atoms with Crippen molar-refractivity contribution in [3.63, 3.8) is 0 Å². The molecule has 0 atom stereocenters. The highest BCUT2D eigenvalue weighted by atomic mass is 32.2. The number of ether oxygens (including phenoxy) is 2. The zero-order valence-electron chi connectivity index (χ0n) is 13.9. The second kappa shape index (κ2) is 9.85. The molecule has 0 unspecified atom stereocenters. The maximum Gasteiger partial charge on any atom is 0.347 e. The van der Waals surface area contributed by atoms with E-state index in [1.165, 1.54) is 39.2 Å². The third kappa shape index (κ3) is 7.40. The Hall–Kier alpha value is -2.32. The minimum absolute atomic E-state index is 0.121. The third-order valence-electron chi connectivity index (χ3n) is 2.35. The first-order valence-corrected chi connectivity index (χ1v) is 9.32. The van der Waals surface area contributed by atoms with Crippen LogP contribution in [0, 0.1) is 0 Å². The summed E-state index contributed by atoms with van der Waals surface area (Å²) in [7, 11) is -0.224. The van der Waals surface area contributed by atoms with Crippen LogP contribution in [-0.2, 0) is 15.0 Å². The normalized spacial score (nSPS) is 11.2. The summed E-state index contributed by atoms with van der Waals surface area (Å²) in [6, 6.07) is 0.274. The van der Waals surface area contributed by atoms with Crippen LogP contribution in [0.4, 0.5) is 10.7 Å². The van der Waals surface area contributed by atoms with Gasteiger partial charge in [0.15, 0.2) is 0 Å². The van der Waals surface area contributed by atoms with Crippen LogP contribution in [0.3, 0.4) is 0 Å². The van der Waals surface area contributed by atoms with E-state index in [4.69, 9.17) is 14.3 Å². The number of methoxy groups -OCH3 is 2. The Labute approximate surface area is 149 Å². The number of amides is 2. The van der Waals surface area contributed by atoms with Crippen LogP contribution in [0.1, 0.15) is 0 Å². The molecule has 1 rings (SSSR count). The highest BCUT2D eigenvalue weighted by molar-refractivity contribution is 7.98. The number of aromatic nitrogens is 2. The van der Waals surface area contributed by atoms with Crippen molar-refractivity contribution in [1.29, 1.82) is 0 Å². The Bertz CT molecular complexity index is 691. The van der Waals surface area contributed by atoms with Gasteiger partial charge in [-0.05, 0) is 6.26 Å². The second-order valence-corrected chi connectivity index (χ2v) is 6.25. The average Bonchev–Trinajstić information content (AvgIpc) is 2.57. The summed E-state index contributed by atoms with van der Waals surface area (Å²) >= 11 is 1.38. The van der Waals surface area contributed by atoms with E-state index in [1.807, 2.05) is 0 Å². The van der Waals surface area contributed by atoms with Crippen molar-refractivity contribution in [2.24, 2.45) is 4.40 Å². The van der Waals surface area contributed by atoms with Crippen molar-refractivity contribution in [2.45, 2.75) is 0 Å². The molecule has 0 saturated heterocycles. The van der Waals surface area contributed by atoms with E-state index in [9.17, 15) is 13.2 Å². The zero-order valence-corrected chi connectivity index (χ0v) is 15.5. The van der Waals surface area contributed by atoms with Crippen LogP contribution in [0.15, 0.2) is 10.5 Å². The molecule has 2 N–H and O–H groups in total. The van der Waals surface area contributed by atoms with Crippen molar-refractivity contribution in [3.8, 4) is 11.8 Å². The summed E-state index contributed by atoms with van der Waals surface area (Å²) in [4.78, 5) is 24.3. The molecule has 1 aromatic rings. The van der Waals surface area contributed by atoms with E-state index in [0.717, 1.165) is 11.4 Å². The SMILES string of the molecule is COc1cc(OC)nc(NC(=O)NS(=O)(=O)N=CN(CSC)OC)n1. The summed E-state index contributed by atoms with van der Waals surface area (Å²) in [6.07, 6.45) is 2.72. The van der Waals surface area contributed by atoms with Crippen LogP contribution in [0.2, 0.25) is 0 Å². The molecule has 0 aromatic carbocycles. The van der Waals surface area contributed by atoms with Crippen LogP contribution in [0.25, 0.3) is 0 Å². The van der Waals surface area contributed by atoms with E-state index in [2.05, 4.69) is 19.7 Å². The Morgan fingerprint density at radius 2 is 1.92 bits per heavy atom. The maximum atomic E-state index is 11.8. The second-order valence-electron chi connectivity index (χ2n) is 4.05. The summed E-state index contributed by atoms with van der Waals surface area (Å²) < 4.78 is 38.3. The fourth-order valence-electron chi connectivity index (χ4n) is 1.31. The number of carbonyl (C=O) groups is 1. The molecule has 0 fully saturated rings. The Morgan fingerprint density at radius 1 is 1.32 bits per heavy atom. The van der Waals surface area contributed by atoms with Gasteiger partial charge in [-0.1, -0.05) is 0 Å². The van der Waals surface area contributed by atoms with Gasteiger partial charge in [0.05, 0.1) is 33.3 Å². The lowest BCUT2D eigenvalue weighted by molar-refractivity contribution is -0.0421. The molecule has 0 radical (unpaired) electrons. The number of nitrogens with one attached hydrogen (secondary N) is 2. The van der Waals surface area contributed by atoms with E-state index in [0.29, 0.717) is 5.88 Å². The molecule has 0 aliphatic carbocycles. The topological polar surface area (TPSA) is 144 Å². The highest BCUT2D eigenvalue weighted by Gasteiger charge is 2.15. The van der Waals surface area contributed by atoms with Gasteiger partial charge in [0.25, 0.3) is 0 Å². The van der Waals surface area contributed by atoms with Crippen molar-refractivity contribution in [2.75, 3.05) is 38.8 Å². The molecular weight excluding hydrogens is 376 g/mol. The van der Waals surface area contributed by atoms with Crippen molar-refractivity contribution in [3.05, 3.63) is 6.07 Å². The van der Waals surface area contributed by atoms with Crippen molar-refractivity contribution >= 4 is 40.3 Å². The van der Waals surface area contributed by atoms with E-state index < -0.39 is 16.2 Å². The molecule has 2 amide bonds. The van der Waals surface area contributed by atoms with Gasteiger partial charge in [-0.15, -0.1) is 16.2 Å². The van der Waals surface area contributed by atoms with Gasteiger partial charge < -0.3 is 9.47 Å². The predicted molar refractivity (Wildman–Crippen MR) is 91.9 cm³/mol. The first kappa shape index (κ1) is 20.7. The average molecular weight is 394 g/mol. The lowest BCUT2D eigenvalue weighted by Crippen LogP contribution is -2.34. The molecular formula is C11H18N6O6S2. The quantitative estimate of drug-likeness (QED) is 0.255. The predicted octanol–water partition coefficient (Wildman–Crippen LogP) is 0.0723. The molecule has 25 heavy (non-hydrogen) atoms.